The standard InChI is InChI=1S/C15H23N5O/c1-3-20-10-12(7-18-20)15-14(5-4-6-21-15)17-9-13-8-16-11-19(13)2/h7-8,10-11,14-15,17H,3-6,9H2,1-2H3/t14-,15+/m0/s1. The van der Waals surface area contributed by atoms with Gasteiger partial charge in [0, 0.05) is 50.7 Å². The van der Waals surface area contributed by atoms with Crippen molar-refractivity contribution >= 4 is 0 Å². The molecule has 2 aromatic heterocycles. The lowest BCUT2D eigenvalue weighted by molar-refractivity contribution is -0.0113. The summed E-state index contributed by atoms with van der Waals surface area (Å²) in [4.78, 5) is 4.16. The Kier molecular flexibility index (Phi) is 4.36. The Morgan fingerprint density at radius 1 is 1.43 bits per heavy atom. The summed E-state index contributed by atoms with van der Waals surface area (Å²) < 4.78 is 9.99. The molecule has 0 bridgehead atoms. The number of nitrogens with one attached hydrogen (secondary N) is 1. The fraction of sp³-hybridized carbons (Fsp3) is 0.600. The number of hydrogen-bond donors (Lipinski definition) is 1. The highest BCUT2D eigenvalue weighted by atomic mass is 16.5. The van der Waals surface area contributed by atoms with Crippen molar-refractivity contribution in [2.45, 2.75) is 45.0 Å². The summed E-state index contributed by atoms with van der Waals surface area (Å²) in [5.41, 5.74) is 2.35. The van der Waals surface area contributed by atoms with Crippen LogP contribution in [0.15, 0.2) is 24.9 Å². The zero-order chi connectivity index (χ0) is 14.7. The van der Waals surface area contributed by atoms with E-state index in [0.717, 1.165) is 32.5 Å². The lowest BCUT2D eigenvalue weighted by atomic mass is 9.98. The van der Waals surface area contributed by atoms with Gasteiger partial charge in [-0.15, -0.1) is 0 Å². The first kappa shape index (κ1) is 14.3. The molecule has 0 aliphatic carbocycles. The van der Waals surface area contributed by atoms with E-state index in [1.165, 1.54) is 11.3 Å². The first-order valence-electron chi connectivity index (χ1n) is 7.60. The molecule has 1 saturated heterocycles. The second kappa shape index (κ2) is 6.41. The largest absolute Gasteiger partial charge is 0.372 e. The number of rotatable bonds is 5. The highest BCUT2D eigenvalue weighted by Gasteiger charge is 2.28. The Bertz CT molecular complexity index is 576. The maximum atomic E-state index is 6.00. The Hall–Kier alpha value is -1.66. The van der Waals surface area contributed by atoms with Gasteiger partial charge in [-0.1, -0.05) is 0 Å². The van der Waals surface area contributed by atoms with E-state index in [1.54, 1.807) is 0 Å². The Balaban J connectivity index is 1.68. The van der Waals surface area contributed by atoms with Crippen molar-refractivity contribution in [3.63, 3.8) is 0 Å². The maximum absolute atomic E-state index is 6.00. The van der Waals surface area contributed by atoms with Crippen molar-refractivity contribution < 1.29 is 4.74 Å². The third-order valence-corrected chi connectivity index (χ3v) is 4.09. The molecule has 2 aromatic rings. The average molecular weight is 289 g/mol. The lowest BCUT2D eigenvalue weighted by Crippen LogP contribution is -2.39. The van der Waals surface area contributed by atoms with Crippen LogP contribution >= 0.6 is 0 Å². The van der Waals surface area contributed by atoms with Crippen LogP contribution in [-0.4, -0.2) is 32.0 Å². The monoisotopic (exact) mass is 289 g/mol. The summed E-state index contributed by atoms with van der Waals surface area (Å²) in [5, 5.41) is 7.98. The predicted molar refractivity (Wildman–Crippen MR) is 79.7 cm³/mol. The van der Waals surface area contributed by atoms with Crippen molar-refractivity contribution in [1.82, 2.24) is 24.6 Å². The van der Waals surface area contributed by atoms with Crippen molar-refractivity contribution in [3.05, 3.63) is 36.2 Å². The summed E-state index contributed by atoms with van der Waals surface area (Å²) in [7, 11) is 2.02. The van der Waals surface area contributed by atoms with Crippen LogP contribution in [0.1, 0.15) is 37.1 Å². The third kappa shape index (κ3) is 3.16. The molecule has 6 heteroatoms. The van der Waals surface area contributed by atoms with E-state index in [4.69, 9.17) is 4.74 Å². The van der Waals surface area contributed by atoms with Gasteiger partial charge in [-0.2, -0.15) is 5.10 Å². The van der Waals surface area contributed by atoms with Gasteiger partial charge >= 0.3 is 0 Å². The van der Waals surface area contributed by atoms with Crippen LogP contribution in [0.2, 0.25) is 0 Å². The summed E-state index contributed by atoms with van der Waals surface area (Å²) >= 11 is 0. The van der Waals surface area contributed by atoms with E-state index < -0.39 is 0 Å². The van der Waals surface area contributed by atoms with E-state index in [2.05, 4.69) is 28.5 Å². The minimum absolute atomic E-state index is 0.0901. The minimum atomic E-state index is 0.0901. The van der Waals surface area contributed by atoms with E-state index in [1.807, 2.05) is 35.0 Å². The number of hydrogen-bond acceptors (Lipinski definition) is 4. The quantitative estimate of drug-likeness (QED) is 0.909. The summed E-state index contributed by atoms with van der Waals surface area (Å²) in [6.45, 7) is 4.62. The maximum Gasteiger partial charge on any atom is 0.101 e. The van der Waals surface area contributed by atoms with Crippen LogP contribution in [0.5, 0.6) is 0 Å². The van der Waals surface area contributed by atoms with E-state index in [0.29, 0.717) is 6.04 Å². The molecule has 1 fully saturated rings. The lowest BCUT2D eigenvalue weighted by Gasteiger charge is -2.32. The Morgan fingerprint density at radius 2 is 2.33 bits per heavy atom. The number of imidazole rings is 1. The van der Waals surface area contributed by atoms with Crippen LogP contribution in [0.25, 0.3) is 0 Å². The smallest absolute Gasteiger partial charge is 0.101 e. The first-order valence-corrected chi connectivity index (χ1v) is 7.60. The molecule has 114 valence electrons. The Labute approximate surface area is 125 Å². The second-order valence-electron chi connectivity index (χ2n) is 5.55. The van der Waals surface area contributed by atoms with Crippen LogP contribution in [0, 0.1) is 0 Å². The molecule has 6 nitrogen and oxygen atoms in total. The second-order valence-corrected chi connectivity index (χ2v) is 5.55. The molecule has 0 radical (unpaired) electrons. The number of ether oxygens (including phenoxy) is 1. The highest BCUT2D eigenvalue weighted by Crippen LogP contribution is 2.28. The molecule has 0 aromatic carbocycles. The molecule has 3 heterocycles. The molecule has 0 unspecified atom stereocenters. The van der Waals surface area contributed by atoms with Gasteiger partial charge in [-0.3, -0.25) is 4.68 Å². The van der Waals surface area contributed by atoms with Crippen molar-refractivity contribution in [1.29, 1.82) is 0 Å². The highest BCUT2D eigenvalue weighted by molar-refractivity contribution is 5.12. The summed E-state index contributed by atoms with van der Waals surface area (Å²) in [6.07, 6.45) is 10.1. The summed E-state index contributed by atoms with van der Waals surface area (Å²) in [5.74, 6) is 0. The molecular formula is C15H23N5O. The molecule has 21 heavy (non-hydrogen) atoms. The minimum Gasteiger partial charge on any atom is -0.372 e. The van der Waals surface area contributed by atoms with Crippen LogP contribution in [-0.2, 0) is 24.9 Å². The van der Waals surface area contributed by atoms with Crippen molar-refractivity contribution in [3.8, 4) is 0 Å². The van der Waals surface area contributed by atoms with Gasteiger partial charge in [0.1, 0.15) is 6.10 Å². The fourth-order valence-electron chi connectivity index (χ4n) is 2.81. The predicted octanol–water partition coefficient (Wildman–Crippen LogP) is 1.65. The zero-order valence-corrected chi connectivity index (χ0v) is 12.7. The van der Waals surface area contributed by atoms with E-state index in [-0.39, 0.29) is 6.10 Å². The molecule has 0 saturated carbocycles. The molecule has 2 atom stereocenters. The van der Waals surface area contributed by atoms with Gasteiger partial charge in [0.15, 0.2) is 0 Å². The van der Waals surface area contributed by atoms with Gasteiger partial charge in [0.2, 0.25) is 0 Å². The molecular weight excluding hydrogens is 266 g/mol. The molecule has 1 aliphatic heterocycles. The number of nitrogens with zero attached hydrogens (tertiary/aromatic N) is 4. The topological polar surface area (TPSA) is 56.9 Å². The molecule has 1 N–H and O–H groups in total. The zero-order valence-electron chi connectivity index (χ0n) is 12.7. The molecule has 1 aliphatic rings. The number of aromatic nitrogens is 4. The number of aryl methyl sites for hydroxylation is 2. The van der Waals surface area contributed by atoms with Gasteiger partial charge in [-0.25, -0.2) is 4.98 Å². The van der Waals surface area contributed by atoms with Gasteiger partial charge in [0.25, 0.3) is 0 Å². The Morgan fingerprint density at radius 3 is 3.05 bits per heavy atom. The SMILES string of the molecule is CCn1cc([C@H]2OCCC[C@@H]2NCc2cncn2C)cn1. The van der Waals surface area contributed by atoms with Gasteiger partial charge < -0.3 is 14.6 Å². The van der Waals surface area contributed by atoms with E-state index >= 15 is 0 Å². The van der Waals surface area contributed by atoms with Crippen LogP contribution < -0.4 is 5.32 Å². The van der Waals surface area contributed by atoms with Crippen LogP contribution in [0.4, 0.5) is 0 Å². The molecule has 0 spiro atoms. The average Bonchev–Trinajstić information content (AvgIpc) is 3.14. The molecule has 3 rings (SSSR count). The van der Waals surface area contributed by atoms with Crippen molar-refractivity contribution in [2.75, 3.05) is 6.61 Å². The third-order valence-electron chi connectivity index (χ3n) is 4.09. The van der Waals surface area contributed by atoms with Gasteiger partial charge in [0.05, 0.1) is 18.2 Å². The van der Waals surface area contributed by atoms with E-state index in [9.17, 15) is 0 Å². The van der Waals surface area contributed by atoms with Crippen molar-refractivity contribution in [2.24, 2.45) is 7.05 Å². The summed E-state index contributed by atoms with van der Waals surface area (Å²) in [6, 6.07) is 0.322. The van der Waals surface area contributed by atoms with Crippen LogP contribution in [0.3, 0.4) is 0 Å². The molecule has 0 amide bonds. The van der Waals surface area contributed by atoms with Gasteiger partial charge in [-0.05, 0) is 19.8 Å². The normalized spacial score (nSPS) is 22.6. The first-order chi connectivity index (χ1) is 10.3. The fourth-order valence-corrected chi connectivity index (χ4v) is 2.81.